The molecule has 3 aromatic carbocycles. The number of aryl methyl sites for hydroxylation is 1. The molecule has 3 rings (SSSR count). The molecule has 3 aromatic rings. The summed E-state index contributed by atoms with van der Waals surface area (Å²) in [5.74, 6) is -1.11. The first-order valence-electron chi connectivity index (χ1n) is 9.08. The first-order chi connectivity index (χ1) is 14.7. The molecule has 31 heavy (non-hydrogen) atoms. The van der Waals surface area contributed by atoms with E-state index in [0.717, 1.165) is 5.56 Å². The van der Waals surface area contributed by atoms with E-state index >= 15 is 0 Å². The van der Waals surface area contributed by atoms with E-state index in [-0.39, 0.29) is 21.0 Å². The molecule has 0 heterocycles. The Kier molecular flexibility index (Phi) is 6.62. The van der Waals surface area contributed by atoms with Crippen LogP contribution in [-0.4, -0.2) is 27.4 Å². The minimum absolute atomic E-state index is 0.0242. The van der Waals surface area contributed by atoms with Crippen molar-refractivity contribution in [3.8, 4) is 0 Å². The second kappa shape index (κ2) is 9.20. The van der Waals surface area contributed by atoms with Crippen LogP contribution in [0.15, 0.2) is 71.6 Å². The SMILES string of the molecule is COC(=O)c1cccc(NC(=O)c2ccc(Cl)c(S(=O)(=O)Nc3ccc(C)cc3)c2)c1. The number of carbonyl (C=O) groups is 2. The van der Waals surface area contributed by atoms with Crippen LogP contribution in [0.1, 0.15) is 26.3 Å². The van der Waals surface area contributed by atoms with Crippen LogP contribution in [0.2, 0.25) is 5.02 Å². The fourth-order valence-corrected chi connectivity index (χ4v) is 4.31. The fraction of sp³-hybridized carbons (Fsp3) is 0.0909. The number of hydrogen-bond donors (Lipinski definition) is 2. The molecule has 0 saturated carbocycles. The van der Waals surface area contributed by atoms with E-state index < -0.39 is 21.9 Å². The summed E-state index contributed by atoms with van der Waals surface area (Å²) in [5, 5.41) is 2.60. The average Bonchev–Trinajstić information content (AvgIpc) is 2.75. The highest BCUT2D eigenvalue weighted by molar-refractivity contribution is 7.92. The van der Waals surface area contributed by atoms with Gasteiger partial charge >= 0.3 is 5.97 Å². The quantitative estimate of drug-likeness (QED) is 0.530. The fourth-order valence-electron chi connectivity index (χ4n) is 2.73. The number of ether oxygens (including phenoxy) is 1. The highest BCUT2D eigenvalue weighted by Crippen LogP contribution is 2.26. The van der Waals surface area contributed by atoms with E-state index in [1.807, 2.05) is 6.92 Å². The van der Waals surface area contributed by atoms with Gasteiger partial charge in [-0.2, -0.15) is 0 Å². The first kappa shape index (κ1) is 22.3. The lowest BCUT2D eigenvalue weighted by molar-refractivity contribution is 0.0600. The van der Waals surface area contributed by atoms with Crippen LogP contribution in [0.3, 0.4) is 0 Å². The van der Waals surface area contributed by atoms with Crippen LogP contribution in [0.25, 0.3) is 0 Å². The van der Waals surface area contributed by atoms with Crippen molar-refractivity contribution >= 4 is 44.9 Å². The van der Waals surface area contributed by atoms with Gasteiger partial charge in [0.05, 0.1) is 17.7 Å². The number of nitrogens with one attached hydrogen (secondary N) is 2. The number of halogens is 1. The number of carbonyl (C=O) groups excluding carboxylic acids is 2. The molecule has 0 atom stereocenters. The number of rotatable bonds is 6. The van der Waals surface area contributed by atoms with E-state index in [0.29, 0.717) is 11.4 Å². The third-order valence-corrected chi connectivity index (χ3v) is 6.19. The van der Waals surface area contributed by atoms with Crippen molar-refractivity contribution in [3.63, 3.8) is 0 Å². The Hall–Kier alpha value is -3.36. The van der Waals surface area contributed by atoms with Gasteiger partial charge in [0.15, 0.2) is 0 Å². The minimum Gasteiger partial charge on any atom is -0.465 e. The third kappa shape index (κ3) is 5.42. The molecular weight excluding hydrogens is 440 g/mol. The summed E-state index contributed by atoms with van der Waals surface area (Å²) in [6, 6.07) is 16.9. The van der Waals surface area contributed by atoms with Crippen molar-refractivity contribution in [1.29, 1.82) is 0 Å². The van der Waals surface area contributed by atoms with Gasteiger partial charge in [-0.3, -0.25) is 9.52 Å². The van der Waals surface area contributed by atoms with Crippen LogP contribution in [0.5, 0.6) is 0 Å². The van der Waals surface area contributed by atoms with Crippen LogP contribution in [-0.2, 0) is 14.8 Å². The largest absolute Gasteiger partial charge is 0.465 e. The maximum Gasteiger partial charge on any atom is 0.337 e. The first-order valence-corrected chi connectivity index (χ1v) is 10.9. The molecule has 1 amide bonds. The lowest BCUT2D eigenvalue weighted by atomic mass is 10.1. The number of hydrogen-bond acceptors (Lipinski definition) is 5. The Morgan fingerprint density at radius 3 is 2.29 bits per heavy atom. The molecule has 9 heteroatoms. The van der Waals surface area contributed by atoms with Gasteiger partial charge in [0.25, 0.3) is 15.9 Å². The number of anilines is 2. The monoisotopic (exact) mass is 458 g/mol. The molecule has 160 valence electrons. The number of amides is 1. The summed E-state index contributed by atoms with van der Waals surface area (Å²) in [4.78, 5) is 24.1. The van der Waals surface area contributed by atoms with Crippen molar-refractivity contribution in [1.82, 2.24) is 0 Å². The van der Waals surface area contributed by atoms with Crippen LogP contribution in [0, 0.1) is 6.92 Å². The summed E-state index contributed by atoms with van der Waals surface area (Å²) in [6.45, 7) is 1.89. The van der Waals surface area contributed by atoms with Gasteiger partial charge in [0, 0.05) is 16.9 Å². The Labute approximate surface area is 185 Å². The summed E-state index contributed by atoms with van der Waals surface area (Å²) in [7, 11) is -2.77. The predicted molar refractivity (Wildman–Crippen MR) is 119 cm³/mol. The van der Waals surface area contributed by atoms with Gasteiger partial charge in [0.1, 0.15) is 4.90 Å². The van der Waals surface area contributed by atoms with Crippen molar-refractivity contribution in [3.05, 3.63) is 88.4 Å². The molecule has 0 aromatic heterocycles. The summed E-state index contributed by atoms with van der Waals surface area (Å²) < 4.78 is 32.7. The van der Waals surface area contributed by atoms with Crippen molar-refractivity contribution in [2.45, 2.75) is 11.8 Å². The molecule has 7 nitrogen and oxygen atoms in total. The molecule has 0 radical (unpaired) electrons. The topological polar surface area (TPSA) is 102 Å². The molecule has 0 fully saturated rings. The van der Waals surface area contributed by atoms with Gasteiger partial charge < -0.3 is 10.1 Å². The maximum atomic E-state index is 12.8. The number of methoxy groups -OCH3 is 1. The third-order valence-electron chi connectivity index (χ3n) is 4.33. The van der Waals surface area contributed by atoms with E-state index in [1.165, 1.54) is 31.4 Å². The summed E-state index contributed by atoms with van der Waals surface area (Å²) in [5.41, 5.74) is 2.05. The zero-order chi connectivity index (χ0) is 22.6. The second-order valence-electron chi connectivity index (χ2n) is 6.64. The van der Waals surface area contributed by atoms with Gasteiger partial charge in [-0.05, 0) is 55.5 Å². The molecule has 0 aliphatic carbocycles. The maximum absolute atomic E-state index is 12.8. The molecule has 0 aliphatic rings. The standard InChI is InChI=1S/C22H19ClN2O5S/c1-14-6-9-17(10-7-14)25-31(28,29)20-13-15(8-11-19(20)23)21(26)24-18-5-3-4-16(12-18)22(27)30-2/h3-13,25H,1-2H3,(H,24,26). The molecule has 2 N–H and O–H groups in total. The van der Waals surface area contributed by atoms with E-state index in [1.54, 1.807) is 42.5 Å². The smallest absolute Gasteiger partial charge is 0.337 e. The van der Waals surface area contributed by atoms with Crippen molar-refractivity contribution in [2.24, 2.45) is 0 Å². The molecule has 0 aliphatic heterocycles. The zero-order valence-electron chi connectivity index (χ0n) is 16.7. The lowest BCUT2D eigenvalue weighted by Crippen LogP contribution is -2.16. The molecule has 0 bridgehead atoms. The second-order valence-corrected chi connectivity index (χ2v) is 8.70. The minimum atomic E-state index is -4.03. The van der Waals surface area contributed by atoms with Gasteiger partial charge in [-0.1, -0.05) is 35.4 Å². The number of sulfonamides is 1. The number of benzene rings is 3. The zero-order valence-corrected chi connectivity index (χ0v) is 18.3. The van der Waals surface area contributed by atoms with Crippen LogP contribution >= 0.6 is 11.6 Å². The van der Waals surface area contributed by atoms with Crippen LogP contribution < -0.4 is 10.0 Å². The molecule has 0 spiro atoms. The van der Waals surface area contributed by atoms with E-state index in [9.17, 15) is 18.0 Å². The molecule has 0 saturated heterocycles. The number of esters is 1. The predicted octanol–water partition coefficient (Wildman–Crippen LogP) is 4.49. The van der Waals surface area contributed by atoms with Gasteiger partial charge in [0.2, 0.25) is 0 Å². The van der Waals surface area contributed by atoms with E-state index in [4.69, 9.17) is 11.6 Å². The highest BCUT2D eigenvalue weighted by atomic mass is 35.5. The van der Waals surface area contributed by atoms with E-state index in [2.05, 4.69) is 14.8 Å². The molecular formula is C22H19ClN2O5S. The Morgan fingerprint density at radius 2 is 1.61 bits per heavy atom. The Bertz CT molecular complexity index is 1240. The van der Waals surface area contributed by atoms with Gasteiger partial charge in [-0.15, -0.1) is 0 Å². The average molecular weight is 459 g/mol. The van der Waals surface area contributed by atoms with Crippen molar-refractivity contribution < 1.29 is 22.7 Å². The Balaban J connectivity index is 1.85. The highest BCUT2D eigenvalue weighted by Gasteiger charge is 2.21. The van der Waals surface area contributed by atoms with Crippen molar-refractivity contribution in [2.75, 3.05) is 17.1 Å². The lowest BCUT2D eigenvalue weighted by Gasteiger charge is -2.12. The summed E-state index contributed by atoms with van der Waals surface area (Å²) >= 11 is 6.11. The Morgan fingerprint density at radius 1 is 0.903 bits per heavy atom. The van der Waals surface area contributed by atoms with Crippen LogP contribution in [0.4, 0.5) is 11.4 Å². The summed E-state index contributed by atoms with van der Waals surface area (Å²) in [6.07, 6.45) is 0. The van der Waals surface area contributed by atoms with Gasteiger partial charge in [-0.25, -0.2) is 13.2 Å². The normalized spacial score (nSPS) is 10.9. The molecule has 0 unspecified atom stereocenters.